The molecule has 1 aromatic heterocycles. The summed E-state index contributed by atoms with van der Waals surface area (Å²) in [4.78, 5) is 33.6. The fourth-order valence-corrected chi connectivity index (χ4v) is 5.12. The van der Waals surface area contributed by atoms with Gasteiger partial charge in [-0.25, -0.2) is 4.98 Å². The summed E-state index contributed by atoms with van der Waals surface area (Å²) in [7, 11) is 2.82. The molecule has 0 aliphatic carbocycles. The second-order valence-corrected chi connectivity index (χ2v) is 9.22. The maximum Gasteiger partial charge on any atom is 0.286 e. The van der Waals surface area contributed by atoms with E-state index in [1.165, 1.54) is 42.6 Å². The highest BCUT2D eigenvalue weighted by Gasteiger charge is 2.30. The molecule has 1 amide bonds. The fourth-order valence-electron chi connectivity index (χ4n) is 4.03. The number of aromatic nitrogens is 1. The summed E-state index contributed by atoms with van der Waals surface area (Å²) >= 11 is 1.40. The molecule has 1 aliphatic rings. The molecule has 0 atom stereocenters. The third-order valence-electron chi connectivity index (χ3n) is 5.90. The zero-order valence-electron chi connectivity index (χ0n) is 20.0. The van der Waals surface area contributed by atoms with Crippen LogP contribution in [0.1, 0.15) is 22.3 Å². The average Bonchev–Trinajstić information content (AvgIpc) is 3.28. The van der Waals surface area contributed by atoms with E-state index in [2.05, 4.69) is 9.88 Å². The van der Waals surface area contributed by atoms with E-state index in [4.69, 9.17) is 14.2 Å². The molecule has 0 N–H and O–H groups in total. The van der Waals surface area contributed by atoms with Crippen LogP contribution < -0.4 is 14.4 Å². The summed E-state index contributed by atoms with van der Waals surface area (Å²) in [5.41, 5.74) is 1.45. The van der Waals surface area contributed by atoms with Crippen molar-refractivity contribution in [2.45, 2.75) is 13.3 Å². The van der Waals surface area contributed by atoms with Gasteiger partial charge in [0.15, 0.2) is 16.6 Å². The van der Waals surface area contributed by atoms with Gasteiger partial charge in [-0.3, -0.25) is 24.7 Å². The van der Waals surface area contributed by atoms with Crippen molar-refractivity contribution in [3.63, 3.8) is 0 Å². The largest absolute Gasteiger partial charge is 0.493 e. The van der Waals surface area contributed by atoms with Gasteiger partial charge >= 0.3 is 0 Å². The molecule has 1 fully saturated rings. The molecule has 1 saturated heterocycles. The highest BCUT2D eigenvalue weighted by molar-refractivity contribution is 7.22. The molecule has 4 rings (SSSR count). The van der Waals surface area contributed by atoms with Crippen LogP contribution in [0.3, 0.4) is 0 Å². The van der Waals surface area contributed by atoms with E-state index in [1.54, 1.807) is 0 Å². The van der Waals surface area contributed by atoms with Gasteiger partial charge in [-0.1, -0.05) is 17.4 Å². The summed E-state index contributed by atoms with van der Waals surface area (Å²) < 4.78 is 16.9. The van der Waals surface area contributed by atoms with Crippen LogP contribution in [0.4, 0.5) is 10.8 Å². The molecule has 0 spiro atoms. The highest BCUT2D eigenvalue weighted by Crippen LogP contribution is 2.37. The van der Waals surface area contributed by atoms with Gasteiger partial charge in [-0.05, 0) is 31.0 Å². The van der Waals surface area contributed by atoms with Gasteiger partial charge in [0.05, 0.1) is 48.6 Å². The number of nitro groups is 1. The van der Waals surface area contributed by atoms with Gasteiger partial charge < -0.3 is 14.2 Å². The van der Waals surface area contributed by atoms with Gasteiger partial charge in [-0.15, -0.1) is 0 Å². The van der Waals surface area contributed by atoms with Crippen LogP contribution in [0.5, 0.6) is 11.5 Å². The lowest BCUT2D eigenvalue weighted by atomic mass is 10.1. The Labute approximate surface area is 207 Å². The van der Waals surface area contributed by atoms with Gasteiger partial charge in [0.25, 0.3) is 11.6 Å². The molecule has 10 nitrogen and oxygen atoms in total. The number of carbonyl (C=O) groups is 1. The van der Waals surface area contributed by atoms with Crippen molar-refractivity contribution in [1.29, 1.82) is 0 Å². The quantitative estimate of drug-likeness (QED) is 0.322. The molecular weight excluding hydrogens is 472 g/mol. The Morgan fingerprint density at radius 1 is 1.20 bits per heavy atom. The predicted octanol–water partition coefficient (Wildman–Crippen LogP) is 3.90. The molecule has 1 aliphatic heterocycles. The van der Waals surface area contributed by atoms with Crippen LogP contribution in [0.2, 0.25) is 0 Å². The second-order valence-electron chi connectivity index (χ2n) is 8.21. The maximum absolute atomic E-state index is 13.8. The Hall–Kier alpha value is -3.28. The Morgan fingerprint density at radius 3 is 2.60 bits per heavy atom. The van der Waals surface area contributed by atoms with E-state index in [-0.39, 0.29) is 22.7 Å². The topological polar surface area (TPSA) is 107 Å². The average molecular weight is 501 g/mol. The first-order valence-corrected chi connectivity index (χ1v) is 12.1. The number of aryl methyl sites for hydroxylation is 1. The van der Waals surface area contributed by atoms with Gasteiger partial charge in [0.1, 0.15) is 5.56 Å². The van der Waals surface area contributed by atoms with E-state index in [0.717, 1.165) is 35.4 Å². The molecule has 186 valence electrons. The number of hydrogen-bond acceptors (Lipinski definition) is 9. The molecule has 0 radical (unpaired) electrons. The van der Waals surface area contributed by atoms with Gasteiger partial charge in [-0.2, -0.15) is 0 Å². The number of hydrogen-bond donors (Lipinski definition) is 0. The number of benzene rings is 2. The molecule has 2 aromatic carbocycles. The predicted molar refractivity (Wildman–Crippen MR) is 134 cm³/mol. The number of nitrogens with zero attached hydrogens (tertiary/aromatic N) is 4. The third-order valence-corrected chi connectivity index (χ3v) is 6.94. The van der Waals surface area contributed by atoms with Crippen LogP contribution in [0, 0.1) is 17.0 Å². The molecule has 0 saturated carbocycles. The number of anilines is 1. The van der Waals surface area contributed by atoms with Crippen molar-refractivity contribution in [3.8, 4) is 11.5 Å². The molecule has 0 bridgehead atoms. The lowest BCUT2D eigenvalue weighted by molar-refractivity contribution is -0.385. The van der Waals surface area contributed by atoms with Crippen molar-refractivity contribution in [2.24, 2.45) is 0 Å². The molecule has 35 heavy (non-hydrogen) atoms. The first-order chi connectivity index (χ1) is 16.9. The van der Waals surface area contributed by atoms with E-state index < -0.39 is 10.8 Å². The van der Waals surface area contributed by atoms with Crippen LogP contribution in [-0.4, -0.2) is 74.3 Å². The molecule has 11 heteroatoms. The summed E-state index contributed by atoms with van der Waals surface area (Å²) in [6, 6.07) is 8.49. The number of nitro benzene ring substituents is 1. The zero-order chi connectivity index (χ0) is 24.9. The highest BCUT2D eigenvalue weighted by atomic mass is 32.1. The first kappa shape index (κ1) is 24.8. The van der Waals surface area contributed by atoms with Crippen LogP contribution in [0.15, 0.2) is 30.3 Å². The smallest absolute Gasteiger partial charge is 0.286 e. The minimum atomic E-state index is -0.581. The standard InChI is InChI=1S/C24H28N4O6S/c1-16-5-6-18-22(13-16)35-24(25-18)27(8-4-7-26-9-11-34-12-10-26)23(29)17-14-20(32-2)21(33-3)15-19(17)28(30)31/h5-6,13-15H,4,7-12H2,1-3H3. The lowest BCUT2D eigenvalue weighted by Crippen LogP contribution is -2.39. The van der Waals surface area contributed by atoms with Crippen LogP contribution >= 0.6 is 11.3 Å². The molecule has 3 aromatic rings. The Balaban J connectivity index is 1.70. The number of carbonyl (C=O) groups excluding carboxylic acids is 1. The number of methoxy groups -OCH3 is 2. The van der Waals surface area contributed by atoms with Crippen molar-refractivity contribution in [3.05, 3.63) is 51.6 Å². The van der Waals surface area contributed by atoms with Crippen molar-refractivity contribution in [1.82, 2.24) is 9.88 Å². The number of amides is 1. The SMILES string of the molecule is COc1cc(C(=O)N(CCCN2CCOCC2)c2nc3ccc(C)cc3s2)c([N+](=O)[O-])cc1OC. The molecule has 2 heterocycles. The van der Waals surface area contributed by atoms with Crippen LogP contribution in [-0.2, 0) is 4.74 Å². The van der Waals surface area contributed by atoms with Gasteiger partial charge in [0.2, 0.25) is 0 Å². The maximum atomic E-state index is 13.8. The van der Waals surface area contributed by atoms with E-state index in [0.29, 0.717) is 31.3 Å². The molecular formula is C24H28N4O6S. The van der Waals surface area contributed by atoms with Crippen molar-refractivity contribution in [2.75, 3.05) is 58.5 Å². The third kappa shape index (κ3) is 5.53. The Morgan fingerprint density at radius 2 is 1.91 bits per heavy atom. The monoisotopic (exact) mass is 500 g/mol. The van der Waals surface area contributed by atoms with Gasteiger partial charge in [0, 0.05) is 32.2 Å². The van der Waals surface area contributed by atoms with Crippen molar-refractivity contribution < 1.29 is 23.9 Å². The second kappa shape index (κ2) is 11.0. The number of ether oxygens (including phenoxy) is 3. The minimum Gasteiger partial charge on any atom is -0.493 e. The van der Waals surface area contributed by atoms with Crippen molar-refractivity contribution >= 4 is 38.3 Å². The summed E-state index contributed by atoms with van der Waals surface area (Å²) in [6.07, 6.45) is 0.682. The van der Waals surface area contributed by atoms with E-state index in [1.807, 2.05) is 25.1 Å². The zero-order valence-corrected chi connectivity index (χ0v) is 20.8. The lowest BCUT2D eigenvalue weighted by Gasteiger charge is -2.27. The van der Waals surface area contributed by atoms with E-state index >= 15 is 0 Å². The van der Waals surface area contributed by atoms with Crippen LogP contribution in [0.25, 0.3) is 10.2 Å². The summed E-state index contributed by atoms with van der Waals surface area (Å²) in [5, 5.41) is 12.4. The number of morpholine rings is 1. The summed E-state index contributed by atoms with van der Waals surface area (Å²) in [6.45, 7) is 6.21. The van der Waals surface area contributed by atoms with E-state index in [9.17, 15) is 14.9 Å². The first-order valence-electron chi connectivity index (χ1n) is 11.3. The number of thiazole rings is 1. The summed E-state index contributed by atoms with van der Waals surface area (Å²) in [5.74, 6) is -0.0740. The number of fused-ring (bicyclic) bond motifs is 1. The number of rotatable bonds is 9. The Bertz CT molecular complexity index is 1220. The normalized spacial score (nSPS) is 14.1. The fraction of sp³-hybridized carbons (Fsp3) is 0.417. The molecule has 0 unspecified atom stereocenters. The minimum absolute atomic E-state index is 0.0746. The Kier molecular flexibility index (Phi) is 7.79.